The average molecular weight is 245 g/mol. The summed E-state index contributed by atoms with van der Waals surface area (Å²) < 4.78 is 0. The Hall–Kier alpha value is -0.710. The number of carboxylic acids is 1. The topological polar surface area (TPSA) is 66.4 Å². The van der Waals surface area contributed by atoms with Crippen LogP contribution in [0.15, 0.2) is 0 Å². The number of carbonyl (C=O) groups excluding carboxylic acids is 1. The molecule has 5 heteroatoms. The first kappa shape index (κ1) is 13.4. The molecule has 2 N–H and O–H groups in total. The van der Waals surface area contributed by atoms with Gasteiger partial charge in [0.25, 0.3) is 0 Å². The minimum atomic E-state index is -0.950. The number of carbonyl (C=O) groups is 2. The summed E-state index contributed by atoms with van der Waals surface area (Å²) in [6, 6.07) is -0.762. The van der Waals surface area contributed by atoms with E-state index in [0.717, 1.165) is 24.3 Å². The van der Waals surface area contributed by atoms with Crippen molar-refractivity contribution in [3.63, 3.8) is 0 Å². The Morgan fingerprint density at radius 1 is 1.31 bits per heavy atom. The van der Waals surface area contributed by atoms with Crippen molar-refractivity contribution in [1.82, 2.24) is 5.32 Å². The zero-order chi connectivity index (χ0) is 12.1. The summed E-state index contributed by atoms with van der Waals surface area (Å²) in [6.07, 6.45) is 1.72. The average Bonchev–Trinajstić information content (AvgIpc) is 2.25. The fraction of sp³-hybridized carbons (Fsp3) is 0.818. The third-order valence-electron chi connectivity index (χ3n) is 2.82. The number of amides is 1. The van der Waals surface area contributed by atoms with E-state index in [9.17, 15) is 9.59 Å². The van der Waals surface area contributed by atoms with Gasteiger partial charge in [-0.05, 0) is 30.3 Å². The van der Waals surface area contributed by atoms with Crippen LogP contribution in [-0.2, 0) is 9.59 Å². The molecular weight excluding hydrogens is 226 g/mol. The molecule has 0 saturated carbocycles. The van der Waals surface area contributed by atoms with E-state index in [1.807, 2.05) is 11.8 Å². The van der Waals surface area contributed by atoms with E-state index in [4.69, 9.17) is 5.11 Å². The van der Waals surface area contributed by atoms with E-state index in [1.54, 1.807) is 13.8 Å². The Morgan fingerprint density at radius 3 is 2.31 bits per heavy atom. The minimum absolute atomic E-state index is 0.00171. The fourth-order valence-corrected chi connectivity index (χ4v) is 2.85. The molecule has 1 atom stereocenters. The van der Waals surface area contributed by atoms with E-state index >= 15 is 0 Å². The van der Waals surface area contributed by atoms with E-state index in [2.05, 4.69) is 5.32 Å². The van der Waals surface area contributed by atoms with Gasteiger partial charge in [0.05, 0.1) is 0 Å². The van der Waals surface area contributed by atoms with Crippen molar-refractivity contribution in [3.05, 3.63) is 0 Å². The quantitative estimate of drug-likeness (QED) is 0.784. The van der Waals surface area contributed by atoms with Crippen molar-refractivity contribution in [3.8, 4) is 0 Å². The van der Waals surface area contributed by atoms with Gasteiger partial charge in [0.2, 0.25) is 5.91 Å². The van der Waals surface area contributed by atoms with Crippen LogP contribution in [0.4, 0.5) is 0 Å². The molecule has 0 aliphatic carbocycles. The number of hydrogen-bond acceptors (Lipinski definition) is 3. The molecule has 0 bridgehead atoms. The molecule has 92 valence electrons. The van der Waals surface area contributed by atoms with Crippen molar-refractivity contribution in [2.24, 2.45) is 11.8 Å². The smallest absolute Gasteiger partial charge is 0.326 e. The van der Waals surface area contributed by atoms with Gasteiger partial charge in [0.1, 0.15) is 6.04 Å². The second-order valence-corrected chi connectivity index (χ2v) is 5.68. The van der Waals surface area contributed by atoms with Crippen LogP contribution in [0.25, 0.3) is 0 Å². The van der Waals surface area contributed by atoms with Crippen molar-refractivity contribution >= 4 is 23.6 Å². The van der Waals surface area contributed by atoms with Gasteiger partial charge in [-0.1, -0.05) is 13.8 Å². The Morgan fingerprint density at radius 2 is 1.88 bits per heavy atom. The van der Waals surface area contributed by atoms with Crippen LogP contribution in [0.5, 0.6) is 0 Å². The lowest BCUT2D eigenvalue weighted by Gasteiger charge is -2.24. The van der Waals surface area contributed by atoms with Crippen LogP contribution < -0.4 is 5.32 Å². The molecule has 1 amide bonds. The third kappa shape index (κ3) is 3.70. The van der Waals surface area contributed by atoms with Gasteiger partial charge in [-0.15, -0.1) is 0 Å². The molecule has 1 saturated heterocycles. The second-order valence-electron chi connectivity index (χ2n) is 4.46. The van der Waals surface area contributed by atoms with Crippen LogP contribution in [-0.4, -0.2) is 34.5 Å². The van der Waals surface area contributed by atoms with Crippen molar-refractivity contribution in [1.29, 1.82) is 0 Å². The monoisotopic (exact) mass is 245 g/mol. The molecule has 1 fully saturated rings. The summed E-state index contributed by atoms with van der Waals surface area (Å²) in [4.78, 5) is 22.8. The molecule has 0 spiro atoms. The van der Waals surface area contributed by atoms with Crippen LogP contribution in [0.2, 0.25) is 0 Å². The number of nitrogens with one attached hydrogen (secondary N) is 1. The van der Waals surface area contributed by atoms with E-state index in [1.165, 1.54) is 0 Å². The zero-order valence-electron chi connectivity index (χ0n) is 9.73. The summed E-state index contributed by atoms with van der Waals surface area (Å²) >= 11 is 1.85. The third-order valence-corrected chi connectivity index (χ3v) is 3.87. The highest BCUT2D eigenvalue weighted by atomic mass is 32.2. The molecule has 4 nitrogen and oxygen atoms in total. The normalized spacial score (nSPS) is 19.4. The molecule has 0 aromatic heterocycles. The number of carboxylic acid groups (broad SMARTS) is 1. The number of hydrogen-bond donors (Lipinski definition) is 2. The molecule has 1 rings (SSSR count). The standard InChI is InChI=1S/C11H19NO3S/c1-7(2)9(11(14)15)12-10(13)8-3-5-16-6-4-8/h7-9H,3-6H2,1-2H3,(H,12,13)(H,14,15). The maximum Gasteiger partial charge on any atom is 0.326 e. The first-order valence-corrected chi connectivity index (χ1v) is 6.78. The van der Waals surface area contributed by atoms with Gasteiger partial charge in [-0.3, -0.25) is 4.79 Å². The minimum Gasteiger partial charge on any atom is -0.480 e. The molecule has 16 heavy (non-hydrogen) atoms. The van der Waals surface area contributed by atoms with Crippen molar-refractivity contribution in [2.45, 2.75) is 32.7 Å². The van der Waals surface area contributed by atoms with Gasteiger partial charge < -0.3 is 10.4 Å². The second kappa shape index (κ2) is 6.13. The lowest BCUT2D eigenvalue weighted by Crippen LogP contribution is -2.47. The molecule has 0 radical (unpaired) electrons. The van der Waals surface area contributed by atoms with Gasteiger partial charge >= 0.3 is 5.97 Å². The molecule has 0 aromatic carbocycles. The summed E-state index contributed by atoms with van der Waals surface area (Å²) in [7, 11) is 0. The van der Waals surface area contributed by atoms with Crippen molar-refractivity contribution in [2.75, 3.05) is 11.5 Å². The highest BCUT2D eigenvalue weighted by Crippen LogP contribution is 2.23. The Balaban J connectivity index is 2.50. The van der Waals surface area contributed by atoms with E-state index < -0.39 is 12.0 Å². The highest BCUT2D eigenvalue weighted by molar-refractivity contribution is 7.99. The van der Waals surface area contributed by atoms with Crippen LogP contribution in [0.1, 0.15) is 26.7 Å². The van der Waals surface area contributed by atoms with Gasteiger partial charge in [0, 0.05) is 5.92 Å². The van der Waals surface area contributed by atoms with Crippen LogP contribution in [0, 0.1) is 11.8 Å². The molecular formula is C11H19NO3S. The predicted molar refractivity (Wildman–Crippen MR) is 64.5 cm³/mol. The summed E-state index contributed by atoms with van der Waals surface area (Å²) in [5, 5.41) is 11.6. The lowest BCUT2D eigenvalue weighted by atomic mass is 9.99. The van der Waals surface area contributed by atoms with Gasteiger partial charge in [0.15, 0.2) is 0 Å². The van der Waals surface area contributed by atoms with Crippen LogP contribution in [0.3, 0.4) is 0 Å². The number of thioether (sulfide) groups is 1. The summed E-state index contributed by atoms with van der Waals surface area (Å²) in [6.45, 7) is 3.60. The molecule has 1 unspecified atom stereocenters. The Labute approximate surface area is 100 Å². The van der Waals surface area contributed by atoms with Gasteiger partial charge in [-0.25, -0.2) is 4.79 Å². The predicted octanol–water partition coefficient (Wildman–Crippen LogP) is 1.35. The highest BCUT2D eigenvalue weighted by Gasteiger charge is 2.28. The van der Waals surface area contributed by atoms with E-state index in [0.29, 0.717) is 0 Å². The lowest BCUT2D eigenvalue weighted by molar-refractivity contribution is -0.143. The number of aliphatic carboxylic acids is 1. The zero-order valence-corrected chi connectivity index (χ0v) is 10.5. The first-order chi connectivity index (χ1) is 7.52. The first-order valence-electron chi connectivity index (χ1n) is 5.63. The van der Waals surface area contributed by atoms with Crippen molar-refractivity contribution < 1.29 is 14.7 Å². The Kier molecular flexibility index (Phi) is 5.12. The van der Waals surface area contributed by atoms with Crippen LogP contribution >= 0.6 is 11.8 Å². The maximum absolute atomic E-state index is 11.8. The molecule has 1 aliphatic heterocycles. The fourth-order valence-electron chi connectivity index (χ4n) is 1.74. The molecule has 0 aromatic rings. The number of rotatable bonds is 4. The SMILES string of the molecule is CC(C)C(NC(=O)C1CCSCC1)C(=O)O. The molecule has 1 heterocycles. The Bertz CT molecular complexity index is 262. The summed E-state index contributed by atoms with van der Waals surface area (Å²) in [5.41, 5.74) is 0. The molecule has 1 aliphatic rings. The van der Waals surface area contributed by atoms with Gasteiger partial charge in [-0.2, -0.15) is 11.8 Å². The maximum atomic E-state index is 11.8. The largest absolute Gasteiger partial charge is 0.480 e. The van der Waals surface area contributed by atoms with E-state index in [-0.39, 0.29) is 17.7 Å². The summed E-state index contributed by atoms with van der Waals surface area (Å²) in [5.74, 6) is 0.867.